The van der Waals surface area contributed by atoms with Gasteiger partial charge < -0.3 is 0 Å². The minimum atomic E-state index is -0.341. The van der Waals surface area contributed by atoms with Crippen molar-refractivity contribution >= 4 is 12.1 Å². The predicted octanol–water partition coefficient (Wildman–Crippen LogP) is 3.50. The summed E-state index contributed by atoms with van der Waals surface area (Å²) in [5, 5.41) is 4.04. The minimum Gasteiger partial charge on any atom is -0.288 e. The monoisotopic (exact) mass is 339 g/mol. The van der Waals surface area contributed by atoms with Gasteiger partial charge in [0.15, 0.2) is 0 Å². The molecular weight excluding hydrogens is 317 g/mol. The molecule has 25 heavy (non-hydrogen) atoms. The number of nitrogens with zero attached hydrogens (tertiary/aromatic N) is 2. The Morgan fingerprint density at radius 2 is 1.72 bits per heavy atom. The first-order valence-corrected chi connectivity index (χ1v) is 8.61. The highest BCUT2D eigenvalue weighted by Gasteiger charge is 2.28. The van der Waals surface area contributed by atoms with Crippen LogP contribution in [0.3, 0.4) is 0 Å². The number of hydrazone groups is 1. The summed E-state index contributed by atoms with van der Waals surface area (Å²) in [6.07, 6.45) is 4.95. The number of carbonyl (C=O) groups is 1. The number of hydrogen-bond donors (Lipinski definition) is 1. The van der Waals surface area contributed by atoms with Gasteiger partial charge in [-0.25, -0.2) is 9.82 Å². The van der Waals surface area contributed by atoms with E-state index < -0.39 is 0 Å². The average Bonchev–Trinajstić information content (AvgIpc) is 2.65. The van der Waals surface area contributed by atoms with E-state index in [0.29, 0.717) is 0 Å². The first-order valence-electron chi connectivity index (χ1n) is 8.61. The van der Waals surface area contributed by atoms with Crippen LogP contribution in [0.15, 0.2) is 59.7 Å². The summed E-state index contributed by atoms with van der Waals surface area (Å²) >= 11 is 0. The molecule has 1 amide bonds. The van der Waals surface area contributed by atoms with Crippen molar-refractivity contribution < 1.29 is 9.18 Å². The molecule has 1 atom stereocenters. The molecular formula is C20H22FN3O. The quantitative estimate of drug-likeness (QED) is 0.669. The van der Waals surface area contributed by atoms with Crippen LogP contribution >= 0.6 is 0 Å². The van der Waals surface area contributed by atoms with Crippen LogP contribution in [-0.2, 0) is 4.79 Å². The van der Waals surface area contributed by atoms with Gasteiger partial charge in [-0.2, -0.15) is 5.10 Å². The molecule has 1 saturated heterocycles. The zero-order valence-electron chi connectivity index (χ0n) is 14.1. The maximum atomic E-state index is 12.9. The van der Waals surface area contributed by atoms with Crippen molar-refractivity contribution in [1.82, 2.24) is 10.3 Å². The van der Waals surface area contributed by atoms with Gasteiger partial charge in [-0.05, 0) is 49.2 Å². The van der Waals surface area contributed by atoms with Gasteiger partial charge in [0.25, 0.3) is 5.91 Å². The molecule has 1 N–H and O–H groups in total. The number of rotatable bonds is 5. The van der Waals surface area contributed by atoms with Crippen molar-refractivity contribution in [2.75, 3.05) is 13.1 Å². The Morgan fingerprint density at radius 3 is 2.40 bits per heavy atom. The predicted molar refractivity (Wildman–Crippen MR) is 96.7 cm³/mol. The summed E-state index contributed by atoms with van der Waals surface area (Å²) < 4.78 is 12.9. The van der Waals surface area contributed by atoms with Gasteiger partial charge in [0.1, 0.15) is 11.9 Å². The Bertz CT molecular complexity index is 709. The van der Waals surface area contributed by atoms with E-state index in [9.17, 15) is 9.18 Å². The molecule has 1 heterocycles. The SMILES string of the molecule is O=C(N/N=C/c1ccc(F)cc1)C(c1ccccc1)N1CCCCC1. The second kappa shape index (κ2) is 8.53. The van der Waals surface area contributed by atoms with Crippen molar-refractivity contribution in [2.24, 2.45) is 5.10 Å². The summed E-state index contributed by atoms with van der Waals surface area (Å²) in [5.41, 5.74) is 4.34. The Kier molecular flexibility index (Phi) is 5.90. The number of amides is 1. The maximum absolute atomic E-state index is 12.9. The van der Waals surface area contributed by atoms with Crippen molar-refractivity contribution in [3.8, 4) is 0 Å². The first-order chi connectivity index (χ1) is 12.2. The lowest BCUT2D eigenvalue weighted by molar-refractivity contribution is -0.127. The van der Waals surface area contributed by atoms with E-state index in [-0.39, 0.29) is 17.8 Å². The molecule has 0 bridgehead atoms. The smallest absolute Gasteiger partial charge is 0.262 e. The van der Waals surface area contributed by atoms with Gasteiger partial charge in [0.2, 0.25) is 0 Å². The third-order valence-corrected chi connectivity index (χ3v) is 4.38. The molecule has 2 aromatic rings. The van der Waals surface area contributed by atoms with Crippen LogP contribution in [0.1, 0.15) is 36.4 Å². The molecule has 0 aliphatic carbocycles. The highest BCUT2D eigenvalue weighted by molar-refractivity contribution is 5.85. The fourth-order valence-corrected chi connectivity index (χ4v) is 3.12. The molecule has 1 aliphatic rings. The lowest BCUT2D eigenvalue weighted by Gasteiger charge is -2.33. The molecule has 3 rings (SSSR count). The standard InChI is InChI=1S/C20H22FN3O/c21-18-11-9-16(10-12-18)15-22-23-20(25)19(17-7-3-1-4-8-17)24-13-5-2-6-14-24/h1,3-4,7-12,15,19H,2,5-6,13-14H2,(H,23,25)/b22-15+. The minimum absolute atomic E-state index is 0.147. The number of likely N-dealkylation sites (tertiary alicyclic amines) is 1. The maximum Gasteiger partial charge on any atom is 0.262 e. The molecule has 0 radical (unpaired) electrons. The van der Waals surface area contributed by atoms with Crippen LogP contribution in [0.25, 0.3) is 0 Å². The van der Waals surface area contributed by atoms with Crippen molar-refractivity contribution in [3.63, 3.8) is 0 Å². The number of nitrogens with one attached hydrogen (secondary N) is 1. The van der Waals surface area contributed by atoms with E-state index in [1.165, 1.54) is 24.8 Å². The topological polar surface area (TPSA) is 44.7 Å². The summed E-state index contributed by atoms with van der Waals surface area (Å²) in [4.78, 5) is 15.0. The lowest BCUT2D eigenvalue weighted by Crippen LogP contribution is -2.41. The lowest BCUT2D eigenvalue weighted by atomic mass is 10.0. The van der Waals surface area contributed by atoms with Crippen molar-refractivity contribution in [2.45, 2.75) is 25.3 Å². The van der Waals surface area contributed by atoms with Gasteiger partial charge in [-0.15, -0.1) is 0 Å². The molecule has 1 aliphatic heterocycles. The zero-order chi connectivity index (χ0) is 17.5. The molecule has 4 nitrogen and oxygen atoms in total. The number of carbonyl (C=O) groups excluding carboxylic acids is 1. The Morgan fingerprint density at radius 1 is 1.04 bits per heavy atom. The van der Waals surface area contributed by atoms with Gasteiger partial charge in [-0.1, -0.05) is 48.9 Å². The molecule has 1 unspecified atom stereocenters. The van der Waals surface area contributed by atoms with E-state index in [0.717, 1.165) is 37.1 Å². The van der Waals surface area contributed by atoms with Crippen LogP contribution in [-0.4, -0.2) is 30.1 Å². The first kappa shape index (κ1) is 17.3. The number of benzene rings is 2. The third-order valence-electron chi connectivity index (χ3n) is 4.38. The Hall–Kier alpha value is -2.53. The number of halogens is 1. The largest absolute Gasteiger partial charge is 0.288 e. The fourth-order valence-electron chi connectivity index (χ4n) is 3.12. The van der Waals surface area contributed by atoms with Crippen LogP contribution < -0.4 is 5.43 Å². The molecule has 130 valence electrons. The summed E-state index contributed by atoms with van der Waals surface area (Å²) in [5.74, 6) is -0.443. The fraction of sp³-hybridized carbons (Fsp3) is 0.300. The summed E-state index contributed by atoms with van der Waals surface area (Å²) in [7, 11) is 0. The van der Waals surface area contributed by atoms with E-state index >= 15 is 0 Å². The van der Waals surface area contributed by atoms with Crippen LogP contribution in [0.2, 0.25) is 0 Å². The van der Waals surface area contributed by atoms with Gasteiger partial charge >= 0.3 is 0 Å². The second-order valence-corrected chi connectivity index (χ2v) is 6.20. The van der Waals surface area contributed by atoms with Crippen LogP contribution in [0.4, 0.5) is 4.39 Å². The van der Waals surface area contributed by atoms with Crippen molar-refractivity contribution in [1.29, 1.82) is 0 Å². The molecule has 0 saturated carbocycles. The molecule has 0 aromatic heterocycles. The van der Waals surface area contributed by atoms with Gasteiger partial charge in [-0.3, -0.25) is 9.69 Å². The zero-order valence-corrected chi connectivity index (χ0v) is 14.1. The number of piperidine rings is 1. The molecule has 0 spiro atoms. The van der Waals surface area contributed by atoms with Crippen LogP contribution in [0, 0.1) is 5.82 Å². The number of hydrogen-bond acceptors (Lipinski definition) is 3. The van der Waals surface area contributed by atoms with Crippen LogP contribution in [0.5, 0.6) is 0 Å². The Balaban J connectivity index is 1.71. The molecule has 5 heteroatoms. The van der Waals surface area contributed by atoms with E-state index in [2.05, 4.69) is 15.4 Å². The summed E-state index contributed by atoms with van der Waals surface area (Å²) in [6.45, 7) is 1.82. The average molecular weight is 339 g/mol. The highest BCUT2D eigenvalue weighted by Crippen LogP contribution is 2.24. The second-order valence-electron chi connectivity index (χ2n) is 6.20. The molecule has 1 fully saturated rings. The van der Waals surface area contributed by atoms with Gasteiger partial charge in [0, 0.05) is 0 Å². The van der Waals surface area contributed by atoms with Crippen molar-refractivity contribution in [3.05, 3.63) is 71.5 Å². The van der Waals surface area contributed by atoms with Gasteiger partial charge in [0.05, 0.1) is 6.21 Å². The van der Waals surface area contributed by atoms with E-state index in [1.807, 2.05) is 30.3 Å². The Labute approximate surface area is 147 Å². The summed E-state index contributed by atoms with van der Waals surface area (Å²) in [6, 6.07) is 15.4. The highest BCUT2D eigenvalue weighted by atomic mass is 19.1. The molecule has 2 aromatic carbocycles. The normalized spacial score (nSPS) is 16.7. The van der Waals surface area contributed by atoms with E-state index in [1.54, 1.807) is 12.1 Å². The third kappa shape index (κ3) is 4.73. The van der Waals surface area contributed by atoms with E-state index in [4.69, 9.17) is 0 Å².